The van der Waals surface area contributed by atoms with E-state index in [1.807, 2.05) is 6.07 Å². The first-order valence-electron chi connectivity index (χ1n) is 9.22. The van der Waals surface area contributed by atoms with Gasteiger partial charge in [0.2, 0.25) is 5.91 Å². The van der Waals surface area contributed by atoms with Crippen molar-refractivity contribution in [1.29, 1.82) is 5.26 Å². The van der Waals surface area contributed by atoms with Crippen LogP contribution in [0.5, 0.6) is 0 Å². The number of amides is 1. The highest BCUT2D eigenvalue weighted by molar-refractivity contribution is 5.85. The van der Waals surface area contributed by atoms with Gasteiger partial charge in [0.15, 0.2) is 0 Å². The molecule has 0 bridgehead atoms. The average Bonchev–Trinajstić information content (AvgIpc) is 2.67. The number of anilines is 1. The number of carbonyl (C=O) groups is 1. The summed E-state index contributed by atoms with van der Waals surface area (Å²) < 4.78 is 0. The molecule has 3 heterocycles. The normalized spacial score (nSPS) is 19.2. The number of rotatable bonds is 3. The van der Waals surface area contributed by atoms with Crippen LogP contribution in [0, 0.1) is 17.2 Å². The molecule has 6 nitrogen and oxygen atoms in total. The van der Waals surface area contributed by atoms with E-state index in [0.717, 1.165) is 57.9 Å². The Kier molecular flexibility index (Phi) is 7.24. The predicted molar refractivity (Wildman–Crippen MR) is 104 cm³/mol. The molecule has 0 saturated carbocycles. The highest BCUT2D eigenvalue weighted by atomic mass is 35.5. The maximum Gasteiger partial charge on any atom is 0.225 e. The molecule has 0 aliphatic carbocycles. The second-order valence-electron chi connectivity index (χ2n) is 7.23. The minimum Gasteiger partial charge on any atom is -0.357 e. The van der Waals surface area contributed by atoms with Crippen LogP contribution >= 0.6 is 12.4 Å². The molecule has 3 rings (SSSR count). The van der Waals surface area contributed by atoms with Crippen molar-refractivity contribution < 1.29 is 4.79 Å². The first kappa shape index (κ1) is 20.5. The number of nitrogens with zero attached hydrogens (tertiary/aromatic N) is 5. The number of halogens is 1. The number of hydrogen-bond acceptors (Lipinski definition) is 5. The summed E-state index contributed by atoms with van der Waals surface area (Å²) in [5.41, 5.74) is 0.578. The third-order valence-corrected chi connectivity index (χ3v) is 5.40. The van der Waals surface area contributed by atoms with E-state index in [2.05, 4.69) is 39.6 Å². The lowest BCUT2D eigenvalue weighted by Crippen LogP contribution is -2.53. The minimum atomic E-state index is 0. The Morgan fingerprint density at radius 1 is 1.15 bits per heavy atom. The van der Waals surface area contributed by atoms with Gasteiger partial charge in [0.25, 0.3) is 0 Å². The van der Waals surface area contributed by atoms with E-state index in [-0.39, 0.29) is 18.3 Å². The molecule has 0 atom stereocenters. The van der Waals surface area contributed by atoms with Crippen LogP contribution in [0.4, 0.5) is 5.82 Å². The number of piperazine rings is 1. The summed E-state index contributed by atoms with van der Waals surface area (Å²) in [7, 11) is 0. The molecule has 2 aliphatic rings. The molecular weight excluding hydrogens is 350 g/mol. The second-order valence-corrected chi connectivity index (χ2v) is 7.23. The van der Waals surface area contributed by atoms with Crippen molar-refractivity contribution in [3.63, 3.8) is 0 Å². The van der Waals surface area contributed by atoms with Gasteiger partial charge in [-0.3, -0.25) is 9.69 Å². The van der Waals surface area contributed by atoms with Crippen LogP contribution in [0.1, 0.15) is 32.3 Å². The topological polar surface area (TPSA) is 63.5 Å². The monoisotopic (exact) mass is 377 g/mol. The summed E-state index contributed by atoms with van der Waals surface area (Å²) in [6.45, 7) is 9.80. The van der Waals surface area contributed by atoms with E-state index in [1.165, 1.54) is 0 Å². The van der Waals surface area contributed by atoms with Crippen LogP contribution < -0.4 is 4.90 Å². The highest BCUT2D eigenvalue weighted by Gasteiger charge is 2.31. The number of pyridine rings is 1. The SMILES string of the molecule is CC(C)N1CCN(C(=O)C2CCN(c3ccc(C#N)cn3)CC2)CC1.Cl. The minimum absolute atomic E-state index is 0. The number of piperidine rings is 1. The Morgan fingerprint density at radius 2 is 1.81 bits per heavy atom. The molecule has 26 heavy (non-hydrogen) atoms. The Bertz CT molecular complexity index is 626. The van der Waals surface area contributed by atoms with Gasteiger partial charge in [0, 0.05) is 57.4 Å². The molecule has 1 amide bonds. The Hall–Kier alpha value is -1.84. The van der Waals surface area contributed by atoms with Crippen molar-refractivity contribution in [3.05, 3.63) is 23.9 Å². The van der Waals surface area contributed by atoms with Gasteiger partial charge >= 0.3 is 0 Å². The maximum atomic E-state index is 12.8. The van der Waals surface area contributed by atoms with Crippen molar-refractivity contribution in [1.82, 2.24) is 14.8 Å². The fourth-order valence-electron chi connectivity index (χ4n) is 3.71. The molecule has 0 unspecified atom stereocenters. The predicted octanol–water partition coefficient (Wildman–Crippen LogP) is 2.14. The molecule has 142 valence electrons. The number of carbonyl (C=O) groups excluding carboxylic acids is 1. The molecule has 0 N–H and O–H groups in total. The molecule has 0 radical (unpaired) electrons. The zero-order valence-corrected chi connectivity index (χ0v) is 16.4. The zero-order valence-electron chi connectivity index (χ0n) is 15.6. The lowest BCUT2D eigenvalue weighted by Gasteiger charge is -2.40. The summed E-state index contributed by atoms with van der Waals surface area (Å²) in [5.74, 6) is 1.37. The molecule has 1 aromatic heterocycles. The fraction of sp³-hybridized carbons (Fsp3) is 0.632. The summed E-state index contributed by atoms with van der Waals surface area (Å²) in [5, 5.41) is 8.86. The summed E-state index contributed by atoms with van der Waals surface area (Å²) >= 11 is 0. The first-order chi connectivity index (χ1) is 12.1. The standard InChI is InChI=1S/C19H27N5O.ClH/c1-15(2)22-9-11-24(12-10-22)19(25)17-5-7-23(8-6-17)18-4-3-16(13-20)14-21-18;/h3-4,14-15,17H,5-12H2,1-2H3;1H. The fourth-order valence-corrected chi connectivity index (χ4v) is 3.71. The highest BCUT2D eigenvalue weighted by Crippen LogP contribution is 2.24. The zero-order chi connectivity index (χ0) is 17.8. The largest absolute Gasteiger partial charge is 0.357 e. The van der Waals surface area contributed by atoms with Crippen LogP contribution in [-0.4, -0.2) is 66.0 Å². The number of nitriles is 1. The van der Waals surface area contributed by atoms with Gasteiger partial charge in [-0.2, -0.15) is 5.26 Å². The van der Waals surface area contributed by atoms with Gasteiger partial charge in [-0.1, -0.05) is 0 Å². The van der Waals surface area contributed by atoms with Gasteiger partial charge in [0.1, 0.15) is 11.9 Å². The van der Waals surface area contributed by atoms with Gasteiger partial charge < -0.3 is 9.80 Å². The quantitative estimate of drug-likeness (QED) is 0.807. The molecule has 2 aliphatic heterocycles. The number of aromatic nitrogens is 1. The van der Waals surface area contributed by atoms with E-state index < -0.39 is 0 Å². The first-order valence-corrected chi connectivity index (χ1v) is 9.22. The van der Waals surface area contributed by atoms with Crippen molar-refractivity contribution in [3.8, 4) is 6.07 Å². The van der Waals surface area contributed by atoms with Gasteiger partial charge in [-0.15, -0.1) is 12.4 Å². The van der Waals surface area contributed by atoms with Crippen molar-refractivity contribution in [2.75, 3.05) is 44.2 Å². The van der Waals surface area contributed by atoms with Gasteiger partial charge in [0.05, 0.1) is 5.56 Å². The summed E-state index contributed by atoms with van der Waals surface area (Å²) in [6.07, 6.45) is 3.37. The summed E-state index contributed by atoms with van der Waals surface area (Å²) in [6, 6.07) is 6.34. The molecule has 0 spiro atoms. The van der Waals surface area contributed by atoms with Crippen LogP contribution in [0.25, 0.3) is 0 Å². The van der Waals surface area contributed by atoms with Crippen LogP contribution in [0.15, 0.2) is 18.3 Å². The molecule has 2 saturated heterocycles. The van der Waals surface area contributed by atoms with Crippen LogP contribution in [0.3, 0.4) is 0 Å². The van der Waals surface area contributed by atoms with E-state index in [1.54, 1.807) is 12.3 Å². The Balaban J connectivity index is 0.00000243. The molecule has 7 heteroatoms. The van der Waals surface area contributed by atoms with Crippen LogP contribution in [0.2, 0.25) is 0 Å². The smallest absolute Gasteiger partial charge is 0.225 e. The van der Waals surface area contributed by atoms with Crippen LogP contribution in [-0.2, 0) is 4.79 Å². The lowest BCUT2D eigenvalue weighted by atomic mass is 9.95. The molecule has 0 aromatic carbocycles. The average molecular weight is 378 g/mol. The third-order valence-electron chi connectivity index (χ3n) is 5.40. The van der Waals surface area contributed by atoms with Gasteiger partial charge in [-0.05, 0) is 38.8 Å². The van der Waals surface area contributed by atoms with Gasteiger partial charge in [-0.25, -0.2) is 4.98 Å². The maximum absolute atomic E-state index is 12.8. The van der Waals surface area contributed by atoms with E-state index in [4.69, 9.17) is 5.26 Å². The Labute approximate surface area is 162 Å². The number of hydrogen-bond donors (Lipinski definition) is 0. The summed E-state index contributed by atoms with van der Waals surface area (Å²) in [4.78, 5) is 23.9. The second kappa shape index (κ2) is 9.20. The third kappa shape index (κ3) is 4.66. The van der Waals surface area contributed by atoms with Crippen molar-refractivity contribution >= 4 is 24.1 Å². The Morgan fingerprint density at radius 3 is 2.31 bits per heavy atom. The van der Waals surface area contributed by atoms with E-state index in [0.29, 0.717) is 17.5 Å². The van der Waals surface area contributed by atoms with Crippen molar-refractivity contribution in [2.24, 2.45) is 5.92 Å². The van der Waals surface area contributed by atoms with E-state index in [9.17, 15) is 4.79 Å². The van der Waals surface area contributed by atoms with Crippen molar-refractivity contribution in [2.45, 2.75) is 32.7 Å². The molecule has 2 fully saturated rings. The molecule has 1 aromatic rings. The van der Waals surface area contributed by atoms with E-state index >= 15 is 0 Å². The molecular formula is C19H28ClN5O. The lowest BCUT2D eigenvalue weighted by molar-refractivity contribution is -0.138.